The molecule has 1 aromatic heterocycles. The minimum Gasteiger partial charge on any atom is -0.358 e. The number of nitrogens with zero attached hydrogens (tertiary/aromatic N) is 2. The van der Waals surface area contributed by atoms with Gasteiger partial charge in [0.05, 0.1) is 0 Å². The van der Waals surface area contributed by atoms with Crippen LogP contribution in [0.25, 0.3) is 0 Å². The monoisotopic (exact) mass is 241 g/mol. The van der Waals surface area contributed by atoms with Gasteiger partial charge in [-0.1, -0.05) is 20.8 Å². The van der Waals surface area contributed by atoms with Gasteiger partial charge in [-0.05, 0) is 32.1 Å². The first-order chi connectivity index (χ1) is 7.61. The zero-order valence-electron chi connectivity index (χ0n) is 10.8. The quantitative estimate of drug-likeness (QED) is 0.790. The van der Waals surface area contributed by atoms with Crippen LogP contribution in [0.4, 0.5) is 5.13 Å². The first-order valence-electron chi connectivity index (χ1n) is 6.21. The van der Waals surface area contributed by atoms with Crippen molar-refractivity contribution in [3.63, 3.8) is 0 Å². The lowest BCUT2D eigenvalue weighted by Crippen LogP contribution is -2.15. The smallest absolute Gasteiger partial charge is 0.202 e. The van der Waals surface area contributed by atoms with Crippen LogP contribution in [-0.4, -0.2) is 15.4 Å². The lowest BCUT2D eigenvalue weighted by Gasteiger charge is -2.13. The Bertz CT molecular complexity index is 296. The normalized spacial score (nSPS) is 13.1. The van der Waals surface area contributed by atoms with Gasteiger partial charge in [0, 0.05) is 24.0 Å². The van der Waals surface area contributed by atoms with E-state index in [4.69, 9.17) is 0 Å². The summed E-state index contributed by atoms with van der Waals surface area (Å²) in [6.07, 6.45) is 4.55. The Morgan fingerprint density at radius 1 is 1.25 bits per heavy atom. The molecule has 0 fully saturated rings. The van der Waals surface area contributed by atoms with Crippen molar-refractivity contribution in [1.29, 1.82) is 0 Å². The van der Waals surface area contributed by atoms with Crippen molar-refractivity contribution in [1.82, 2.24) is 9.36 Å². The predicted octanol–water partition coefficient (Wildman–Crippen LogP) is 3.73. The molecule has 92 valence electrons. The number of nitrogens with one attached hydrogen (secondary N) is 1. The third-order valence-corrected chi connectivity index (χ3v) is 3.17. The average molecular weight is 241 g/mol. The standard InChI is InChI=1S/C12H23N3S/c1-5-6-11-14-12(16-15-11)13-10(4)8-7-9(2)3/h9-10H,5-8H2,1-4H3,(H,13,14,15). The summed E-state index contributed by atoms with van der Waals surface area (Å²) in [5, 5.41) is 4.39. The molecule has 4 heteroatoms. The molecule has 0 aliphatic heterocycles. The van der Waals surface area contributed by atoms with E-state index in [0.717, 1.165) is 29.7 Å². The molecular weight excluding hydrogens is 218 g/mol. The molecule has 0 saturated carbocycles. The number of hydrogen-bond donors (Lipinski definition) is 1. The topological polar surface area (TPSA) is 37.8 Å². The second-order valence-electron chi connectivity index (χ2n) is 4.78. The fourth-order valence-electron chi connectivity index (χ4n) is 1.50. The Labute approximate surface area is 103 Å². The SMILES string of the molecule is CCCc1nsc(NC(C)CCC(C)C)n1. The number of aryl methyl sites for hydroxylation is 1. The van der Waals surface area contributed by atoms with E-state index in [0.29, 0.717) is 6.04 Å². The maximum absolute atomic E-state index is 4.46. The van der Waals surface area contributed by atoms with Gasteiger partial charge in [0.25, 0.3) is 0 Å². The highest BCUT2D eigenvalue weighted by atomic mass is 32.1. The number of rotatable bonds is 7. The summed E-state index contributed by atoms with van der Waals surface area (Å²) in [7, 11) is 0. The average Bonchev–Trinajstić information content (AvgIpc) is 2.63. The second-order valence-corrected chi connectivity index (χ2v) is 5.53. The maximum atomic E-state index is 4.46. The first kappa shape index (κ1) is 13.4. The van der Waals surface area contributed by atoms with E-state index in [2.05, 4.69) is 42.4 Å². The summed E-state index contributed by atoms with van der Waals surface area (Å²) >= 11 is 1.48. The molecule has 0 radical (unpaired) electrons. The van der Waals surface area contributed by atoms with Gasteiger partial charge in [-0.15, -0.1) is 0 Å². The lowest BCUT2D eigenvalue weighted by molar-refractivity contribution is 0.527. The van der Waals surface area contributed by atoms with E-state index >= 15 is 0 Å². The maximum Gasteiger partial charge on any atom is 0.202 e. The van der Waals surface area contributed by atoms with Crippen LogP contribution < -0.4 is 5.32 Å². The molecule has 1 aromatic rings. The summed E-state index contributed by atoms with van der Waals surface area (Å²) in [6, 6.07) is 0.491. The van der Waals surface area contributed by atoms with Crippen molar-refractivity contribution in [3.8, 4) is 0 Å². The van der Waals surface area contributed by atoms with E-state index in [1.54, 1.807) is 0 Å². The van der Waals surface area contributed by atoms with Gasteiger partial charge in [-0.3, -0.25) is 0 Å². The van der Waals surface area contributed by atoms with Gasteiger partial charge in [0.1, 0.15) is 5.82 Å². The van der Waals surface area contributed by atoms with E-state index in [9.17, 15) is 0 Å². The van der Waals surface area contributed by atoms with Gasteiger partial charge < -0.3 is 5.32 Å². The van der Waals surface area contributed by atoms with Gasteiger partial charge in [0.2, 0.25) is 5.13 Å². The van der Waals surface area contributed by atoms with Crippen LogP contribution in [0.15, 0.2) is 0 Å². The third-order valence-electron chi connectivity index (χ3n) is 2.49. The molecule has 0 aliphatic rings. The highest BCUT2D eigenvalue weighted by molar-refractivity contribution is 7.09. The zero-order chi connectivity index (χ0) is 12.0. The van der Waals surface area contributed by atoms with Gasteiger partial charge in [-0.25, -0.2) is 4.98 Å². The molecule has 1 rings (SSSR count). The molecule has 0 bridgehead atoms. The van der Waals surface area contributed by atoms with Crippen LogP contribution in [0.5, 0.6) is 0 Å². The van der Waals surface area contributed by atoms with Crippen LogP contribution in [-0.2, 0) is 6.42 Å². The van der Waals surface area contributed by atoms with Crippen molar-refractivity contribution in [2.45, 2.75) is 59.4 Å². The largest absolute Gasteiger partial charge is 0.358 e. The van der Waals surface area contributed by atoms with Crippen molar-refractivity contribution >= 4 is 16.7 Å². The summed E-state index contributed by atoms with van der Waals surface area (Å²) in [5.74, 6) is 1.75. The summed E-state index contributed by atoms with van der Waals surface area (Å²) in [4.78, 5) is 4.46. The molecule has 0 spiro atoms. The number of aromatic nitrogens is 2. The van der Waals surface area contributed by atoms with Gasteiger partial charge in [0.15, 0.2) is 0 Å². The summed E-state index contributed by atoms with van der Waals surface area (Å²) in [5.41, 5.74) is 0. The Balaban J connectivity index is 2.34. The minimum atomic E-state index is 0.491. The Hall–Kier alpha value is -0.640. The van der Waals surface area contributed by atoms with Crippen molar-refractivity contribution in [2.75, 3.05) is 5.32 Å². The molecule has 1 N–H and O–H groups in total. The molecule has 0 saturated heterocycles. The van der Waals surface area contributed by atoms with E-state index in [-0.39, 0.29) is 0 Å². The molecule has 0 aromatic carbocycles. The molecule has 0 amide bonds. The van der Waals surface area contributed by atoms with E-state index < -0.39 is 0 Å². The van der Waals surface area contributed by atoms with Crippen LogP contribution in [0.3, 0.4) is 0 Å². The molecule has 3 nitrogen and oxygen atoms in total. The second kappa shape index (κ2) is 6.84. The highest BCUT2D eigenvalue weighted by Crippen LogP contribution is 2.16. The van der Waals surface area contributed by atoms with E-state index in [1.807, 2.05) is 0 Å². The van der Waals surface area contributed by atoms with Crippen LogP contribution in [0, 0.1) is 5.92 Å². The summed E-state index contributed by atoms with van der Waals surface area (Å²) < 4.78 is 4.32. The van der Waals surface area contributed by atoms with Crippen molar-refractivity contribution in [2.24, 2.45) is 5.92 Å². The summed E-state index contributed by atoms with van der Waals surface area (Å²) in [6.45, 7) is 8.89. The van der Waals surface area contributed by atoms with Crippen molar-refractivity contribution in [3.05, 3.63) is 5.82 Å². The van der Waals surface area contributed by atoms with Crippen molar-refractivity contribution < 1.29 is 0 Å². The predicted molar refractivity (Wildman–Crippen MR) is 71.1 cm³/mol. The minimum absolute atomic E-state index is 0.491. The molecule has 1 heterocycles. The number of hydrogen-bond acceptors (Lipinski definition) is 4. The van der Waals surface area contributed by atoms with Crippen LogP contribution in [0.2, 0.25) is 0 Å². The third kappa shape index (κ3) is 4.92. The Morgan fingerprint density at radius 2 is 2.00 bits per heavy atom. The van der Waals surface area contributed by atoms with Gasteiger partial charge >= 0.3 is 0 Å². The molecular formula is C12H23N3S. The molecule has 1 unspecified atom stereocenters. The fraction of sp³-hybridized carbons (Fsp3) is 0.833. The van der Waals surface area contributed by atoms with Crippen LogP contribution in [0.1, 0.15) is 52.8 Å². The fourth-order valence-corrected chi connectivity index (χ4v) is 2.23. The molecule has 16 heavy (non-hydrogen) atoms. The highest BCUT2D eigenvalue weighted by Gasteiger charge is 2.07. The zero-order valence-corrected chi connectivity index (χ0v) is 11.6. The van der Waals surface area contributed by atoms with Crippen LogP contribution >= 0.6 is 11.5 Å². The van der Waals surface area contributed by atoms with E-state index in [1.165, 1.54) is 24.4 Å². The number of anilines is 1. The molecule has 0 aliphatic carbocycles. The van der Waals surface area contributed by atoms with Gasteiger partial charge in [-0.2, -0.15) is 4.37 Å². The Morgan fingerprint density at radius 3 is 2.62 bits per heavy atom. The first-order valence-corrected chi connectivity index (χ1v) is 6.98. The molecule has 1 atom stereocenters. The lowest BCUT2D eigenvalue weighted by atomic mass is 10.0. The Kier molecular flexibility index (Phi) is 5.74.